The number of hydrogen-bond donors (Lipinski definition) is 9. The third-order valence-electron chi connectivity index (χ3n) is 9.84. The number of aromatic hydroxyl groups is 1. The van der Waals surface area contributed by atoms with E-state index in [1.807, 2.05) is 0 Å². The van der Waals surface area contributed by atoms with E-state index in [1.165, 1.54) is 0 Å². The molecule has 10 N–H and O–H groups in total. The number of phenolic OH excluding ortho intramolecular Hbond substituents is 1. The smallest absolute Gasteiger partial charge is 0.505 e. The molecule has 0 fully saturated rings. The third-order valence-corrected chi connectivity index (χ3v) is 17.6. The van der Waals surface area contributed by atoms with Crippen LogP contribution in [0.2, 0.25) is 0 Å². The maximum absolute atomic E-state index is 13.2. The molecule has 396 valence electrons. The first-order valence-electron chi connectivity index (χ1n) is 19.9. The summed E-state index contributed by atoms with van der Waals surface area (Å²) in [6, 6.07) is 14.1. The first-order chi connectivity index (χ1) is 34.1. The summed E-state index contributed by atoms with van der Waals surface area (Å²) in [4.78, 5) is 7.89. The molecule has 0 aliphatic carbocycles. The van der Waals surface area contributed by atoms with Gasteiger partial charge in [0.25, 0.3) is 55.7 Å². The largest absolute Gasteiger partial charge is 1.00 e. The quantitative estimate of drug-likeness (QED) is 0.0148. The van der Waals surface area contributed by atoms with Crippen LogP contribution in [0.4, 0.5) is 51.7 Å². The van der Waals surface area contributed by atoms with Gasteiger partial charge in [-0.2, -0.15) is 62.2 Å². The molecule has 0 radical (unpaired) electrons. The van der Waals surface area contributed by atoms with Gasteiger partial charge in [-0.25, -0.2) is 16.8 Å². The first-order valence-corrected chi connectivity index (χ1v) is 30.8. The number of anilines is 5. The second kappa shape index (κ2) is 29.3. The van der Waals surface area contributed by atoms with Crippen LogP contribution < -0.4 is 164 Å². The summed E-state index contributed by atoms with van der Waals surface area (Å²) in [7, 11) is -34.6. The summed E-state index contributed by atoms with van der Waals surface area (Å²) in [5.41, 5.74) is 2.91. The molecule has 79 heavy (non-hydrogen) atoms. The Morgan fingerprint density at radius 2 is 1.03 bits per heavy atom. The number of aryl methyl sites for hydroxylation is 1. The minimum absolute atomic E-state index is 0. The molecule has 0 aliphatic heterocycles. The number of nitrogens with zero attached hydrogens (tertiary/aromatic N) is 7. The van der Waals surface area contributed by atoms with E-state index < -0.39 is 169 Å². The summed E-state index contributed by atoms with van der Waals surface area (Å²) in [6.45, 7) is 1.81. The molecule has 0 bridgehead atoms. The van der Waals surface area contributed by atoms with Gasteiger partial charge in [-0.3, -0.25) is 22.8 Å². The van der Waals surface area contributed by atoms with Crippen molar-refractivity contribution in [2.45, 2.75) is 38.1 Å². The number of para-hydroxylation sites is 1. The summed E-state index contributed by atoms with van der Waals surface area (Å²) < 4.78 is 221. The fourth-order valence-corrected chi connectivity index (χ4v) is 13.2. The topological polar surface area (TPSA) is 499 Å². The molecule has 1 heterocycles. The van der Waals surface area contributed by atoms with Gasteiger partial charge in [0.1, 0.15) is 31.7 Å². The molecule has 5 aromatic carbocycles. The third kappa shape index (κ3) is 20.2. The Morgan fingerprint density at radius 1 is 0.532 bits per heavy atom. The van der Waals surface area contributed by atoms with Crippen molar-refractivity contribution in [2.24, 2.45) is 20.5 Å². The number of nitrogen functional groups attached to an aromatic ring is 1. The number of rotatable bonds is 20. The fraction of sp³-hybridized carbons (Fsp3) is 0.162. The van der Waals surface area contributed by atoms with E-state index in [0.717, 1.165) is 36.4 Å². The molecule has 0 amide bonds. The fourth-order valence-electron chi connectivity index (χ4n) is 6.37. The predicted molar refractivity (Wildman–Crippen MR) is 260 cm³/mol. The molecular weight excluding hydrogens is 1240 g/mol. The van der Waals surface area contributed by atoms with E-state index >= 15 is 0 Å². The summed E-state index contributed by atoms with van der Waals surface area (Å²) >= 11 is 0. The number of hydrogen-bond acceptors (Lipinski definition) is 25. The maximum Gasteiger partial charge on any atom is 1.00 e. The molecular formula is C37H36N10Na5O20S7+5. The van der Waals surface area contributed by atoms with Crippen LogP contribution in [0.15, 0.2) is 124 Å². The normalized spacial score (nSPS) is 12.4. The van der Waals surface area contributed by atoms with Crippen LogP contribution in [0, 0.1) is 0 Å². The van der Waals surface area contributed by atoms with E-state index in [0.29, 0.717) is 35.9 Å². The molecule has 0 atom stereocenters. The zero-order valence-corrected chi connectivity index (χ0v) is 57.7. The number of nitrogens with one attached hydrogen (secondary N) is 2. The van der Waals surface area contributed by atoms with Crippen molar-refractivity contribution in [1.29, 1.82) is 0 Å². The van der Waals surface area contributed by atoms with Crippen LogP contribution in [0.5, 0.6) is 5.75 Å². The molecule has 0 aliphatic rings. The Morgan fingerprint density at radius 3 is 1.54 bits per heavy atom. The molecule has 30 nitrogen and oxygen atoms in total. The number of aromatic nitrogens is 3. The van der Waals surface area contributed by atoms with Gasteiger partial charge in [0.15, 0.2) is 15.6 Å². The van der Waals surface area contributed by atoms with E-state index in [2.05, 4.69) is 46.0 Å². The van der Waals surface area contributed by atoms with Gasteiger partial charge in [-0.05, 0) is 78.0 Å². The molecule has 42 heteroatoms. The average molecular weight is 1280 g/mol. The van der Waals surface area contributed by atoms with E-state index in [1.54, 1.807) is 31.2 Å². The van der Waals surface area contributed by atoms with Gasteiger partial charge in [0.05, 0.1) is 44.7 Å². The van der Waals surface area contributed by atoms with Gasteiger partial charge in [0.2, 0.25) is 21.7 Å². The molecule has 6 aromatic rings. The van der Waals surface area contributed by atoms with Crippen molar-refractivity contribution < 1.29 is 235 Å². The van der Waals surface area contributed by atoms with E-state index in [9.17, 15) is 82.2 Å². The summed E-state index contributed by atoms with van der Waals surface area (Å²) in [5, 5.41) is 29.4. The number of phenols is 1. The van der Waals surface area contributed by atoms with Gasteiger partial charge < -0.3 is 21.5 Å². The minimum Gasteiger partial charge on any atom is -0.505 e. The zero-order chi connectivity index (χ0) is 55.0. The zero-order valence-electron chi connectivity index (χ0n) is 42.0. The van der Waals surface area contributed by atoms with Crippen molar-refractivity contribution in [3.05, 3.63) is 84.4 Å². The second-order valence-electron chi connectivity index (χ2n) is 15.0. The first kappa shape index (κ1) is 75.2. The molecule has 6 rings (SSSR count). The Labute approximate surface area is 562 Å². The molecule has 0 unspecified atom stereocenters. The van der Waals surface area contributed by atoms with Crippen molar-refractivity contribution in [3.63, 3.8) is 0 Å². The van der Waals surface area contributed by atoms with Crippen molar-refractivity contribution >= 4 is 133 Å². The van der Waals surface area contributed by atoms with Crippen LogP contribution in [-0.4, -0.2) is 125 Å². The van der Waals surface area contributed by atoms with Gasteiger partial charge in [0, 0.05) is 11.4 Å². The Hall–Kier alpha value is -1.78. The second-order valence-corrected chi connectivity index (χ2v) is 26.5. The number of sulfone groups is 2. The summed E-state index contributed by atoms with van der Waals surface area (Å²) in [6.07, 6.45) is 0.471. The molecule has 0 saturated carbocycles. The Bertz CT molecular complexity index is 4170. The van der Waals surface area contributed by atoms with Crippen molar-refractivity contribution in [3.8, 4) is 5.75 Å². The van der Waals surface area contributed by atoms with Crippen molar-refractivity contribution in [2.75, 3.05) is 39.4 Å². The van der Waals surface area contributed by atoms with E-state index in [4.69, 9.17) is 10.3 Å². The van der Waals surface area contributed by atoms with Crippen LogP contribution in [0.3, 0.4) is 0 Å². The predicted octanol–water partition coefficient (Wildman–Crippen LogP) is -10.7. The number of benzene rings is 5. The SMILES string of the molecule is CCc1ccccc1Nc1nc(Nc2ccc(S(=O)(=O)O)c(N=Nc3c(S(=O)(=O)O)cc4cc(S(=O)(=O)O)c(N=Nc5ccc(S(=O)(=O)CCS(=O)(=O)O)cc5)c(N)c4c3O)c2)nc(S(=O)(=O)CCS(=O)(=O)O)n1.[Na+].[Na+].[Na+].[Na+].[Na+]. The van der Waals surface area contributed by atoms with Crippen LogP contribution in [-0.2, 0) is 76.7 Å². The summed E-state index contributed by atoms with van der Waals surface area (Å²) in [5.74, 6) is -6.95. The number of azo groups is 2. The molecule has 0 saturated heterocycles. The van der Waals surface area contributed by atoms with Gasteiger partial charge in [-0.1, -0.05) is 25.1 Å². The van der Waals surface area contributed by atoms with Gasteiger partial charge in [-0.15, -0.1) is 15.3 Å². The van der Waals surface area contributed by atoms with Crippen LogP contribution >= 0.6 is 0 Å². The minimum atomic E-state index is -5.54. The Kier molecular flexibility index (Phi) is 27.9. The Balaban J connectivity index is 0.00000624. The number of fused-ring (bicyclic) bond motifs is 1. The van der Waals surface area contributed by atoms with E-state index in [-0.39, 0.29) is 159 Å². The molecule has 1 aromatic heterocycles. The standard InChI is InChI=1S/C37H36N10O20S7.5Na/c1-2-20-5-3-4-6-25(20)40-36-41-35(42-37(43-36)69(51,52)14-16-71(56,57)58)39-23-9-12-27(72(59,60)61)26(19-23)45-47-33-29(74(65,66)67)18-21-17-28(73(62,63)64)32(31(38)30(21)34(33)48)46-44-22-7-10-24(11-8-22)68(49,50)13-15-70(53,54)55;;;;;/h3-12,17-19,48H,2,13-16,38H2,1H3,(H,53,54,55)(H,56,57,58)(H,59,60,61)(H,62,63,64)(H,65,66,67)(H2,39,40,41,42,43);;;;;/q;5*+1. The van der Waals surface area contributed by atoms with Gasteiger partial charge >= 0.3 is 148 Å². The maximum atomic E-state index is 13.2. The van der Waals surface area contributed by atoms with Crippen LogP contribution in [0.1, 0.15) is 12.5 Å². The monoisotopic (exact) mass is 1280 g/mol. The molecule has 0 spiro atoms. The van der Waals surface area contributed by atoms with Crippen molar-refractivity contribution in [1.82, 2.24) is 15.0 Å². The average Bonchev–Trinajstić information content (AvgIpc) is 3.28. The number of nitrogens with two attached hydrogens (primary N) is 1. The van der Waals surface area contributed by atoms with Crippen LogP contribution in [0.25, 0.3) is 10.8 Å².